The summed E-state index contributed by atoms with van der Waals surface area (Å²) >= 11 is 5.94. The molecule has 1 unspecified atom stereocenters. The number of carbonyl (C=O) groups is 1. The van der Waals surface area contributed by atoms with Crippen molar-refractivity contribution < 1.29 is 9.18 Å². The van der Waals surface area contributed by atoms with Gasteiger partial charge in [-0.05, 0) is 43.1 Å². The Bertz CT molecular complexity index is 750. The zero-order chi connectivity index (χ0) is 18.5. The highest BCUT2D eigenvalue weighted by molar-refractivity contribution is 6.30. The van der Waals surface area contributed by atoms with Crippen molar-refractivity contribution in [3.05, 3.63) is 70.5 Å². The first kappa shape index (κ1) is 18.9. The predicted octanol–water partition coefficient (Wildman–Crippen LogP) is 4.35. The number of hydrogen-bond acceptors (Lipinski definition) is 2. The predicted molar refractivity (Wildman–Crippen MR) is 102 cm³/mol. The summed E-state index contributed by atoms with van der Waals surface area (Å²) in [7, 11) is 1.76. The molecule has 1 heterocycles. The highest BCUT2D eigenvalue weighted by Gasteiger charge is 2.28. The van der Waals surface area contributed by atoms with E-state index in [2.05, 4.69) is 4.90 Å². The fourth-order valence-electron chi connectivity index (χ4n) is 3.52. The fourth-order valence-corrected chi connectivity index (χ4v) is 3.65. The van der Waals surface area contributed by atoms with E-state index in [1.165, 1.54) is 11.6 Å². The van der Waals surface area contributed by atoms with E-state index < -0.39 is 0 Å². The van der Waals surface area contributed by atoms with Crippen molar-refractivity contribution >= 4 is 17.5 Å². The Labute approximate surface area is 159 Å². The fraction of sp³-hybridized carbons (Fsp3) is 0.381. The van der Waals surface area contributed by atoms with Gasteiger partial charge in [-0.3, -0.25) is 9.69 Å². The average molecular weight is 375 g/mol. The molecule has 2 aromatic carbocycles. The van der Waals surface area contributed by atoms with Gasteiger partial charge in [0.05, 0.1) is 5.92 Å². The molecule has 0 aromatic heterocycles. The summed E-state index contributed by atoms with van der Waals surface area (Å²) in [5.41, 5.74) is 1.75. The number of hydrogen-bond donors (Lipinski definition) is 0. The lowest BCUT2D eigenvalue weighted by Crippen LogP contribution is -2.43. The number of rotatable bonds is 5. The molecular weight excluding hydrogens is 351 g/mol. The summed E-state index contributed by atoms with van der Waals surface area (Å²) in [6.07, 6.45) is 1.88. The first-order valence-corrected chi connectivity index (χ1v) is 9.36. The van der Waals surface area contributed by atoms with Gasteiger partial charge in [0, 0.05) is 37.3 Å². The van der Waals surface area contributed by atoms with Gasteiger partial charge in [0.2, 0.25) is 5.91 Å². The molecular formula is C21H24ClFN2O. The second-order valence-electron chi connectivity index (χ2n) is 6.99. The Morgan fingerprint density at radius 1 is 1.23 bits per heavy atom. The van der Waals surface area contributed by atoms with Crippen molar-refractivity contribution in [1.82, 2.24) is 9.80 Å². The molecule has 0 saturated carbocycles. The van der Waals surface area contributed by atoms with Crippen molar-refractivity contribution in [2.75, 3.05) is 20.1 Å². The van der Waals surface area contributed by atoms with E-state index in [1.807, 2.05) is 24.3 Å². The smallest absolute Gasteiger partial charge is 0.227 e. The van der Waals surface area contributed by atoms with Crippen molar-refractivity contribution in [1.29, 1.82) is 0 Å². The zero-order valence-corrected chi connectivity index (χ0v) is 15.8. The van der Waals surface area contributed by atoms with Gasteiger partial charge in [0.15, 0.2) is 0 Å². The number of nitrogens with zero attached hydrogens (tertiary/aromatic N) is 2. The van der Waals surface area contributed by atoms with Crippen LogP contribution in [0.4, 0.5) is 4.39 Å². The molecule has 0 N–H and O–H groups in total. The summed E-state index contributed by atoms with van der Waals surface area (Å²) in [6, 6.07) is 14.5. The van der Waals surface area contributed by atoms with E-state index in [9.17, 15) is 9.18 Å². The van der Waals surface area contributed by atoms with E-state index in [0.29, 0.717) is 12.1 Å². The maximum atomic E-state index is 13.8. The standard InChI is InChI=1S/C21H24ClFN2O/c1-24(14-17-5-2-3-7-20(17)23)21(26)18-6-4-12-25(15-18)13-16-8-10-19(22)11-9-16/h2-3,5,7-11,18H,4,6,12-15H2,1H3. The van der Waals surface area contributed by atoms with Gasteiger partial charge in [-0.1, -0.05) is 41.9 Å². The molecule has 0 radical (unpaired) electrons. The van der Waals surface area contributed by atoms with E-state index in [1.54, 1.807) is 30.1 Å². The summed E-state index contributed by atoms with van der Waals surface area (Å²) in [6.45, 7) is 2.85. The van der Waals surface area contributed by atoms with Crippen LogP contribution in [0.25, 0.3) is 0 Å². The monoisotopic (exact) mass is 374 g/mol. The molecule has 3 rings (SSSR count). The van der Waals surface area contributed by atoms with Crippen LogP contribution in [0.2, 0.25) is 5.02 Å². The third-order valence-corrected chi connectivity index (χ3v) is 5.17. The van der Waals surface area contributed by atoms with Crippen LogP contribution >= 0.6 is 11.6 Å². The van der Waals surface area contributed by atoms with Crippen LogP contribution in [-0.2, 0) is 17.9 Å². The molecule has 3 nitrogen and oxygen atoms in total. The Kier molecular flexibility index (Phi) is 6.28. The van der Waals surface area contributed by atoms with Gasteiger partial charge < -0.3 is 4.90 Å². The van der Waals surface area contributed by atoms with Crippen LogP contribution < -0.4 is 0 Å². The van der Waals surface area contributed by atoms with Crippen LogP contribution in [0.1, 0.15) is 24.0 Å². The Hall–Kier alpha value is -1.91. The molecule has 26 heavy (non-hydrogen) atoms. The SMILES string of the molecule is CN(Cc1ccccc1F)C(=O)C1CCCN(Cc2ccc(Cl)cc2)C1. The Morgan fingerprint density at radius 3 is 2.69 bits per heavy atom. The number of halogens is 2. The molecule has 1 aliphatic heterocycles. The summed E-state index contributed by atoms with van der Waals surface area (Å²) < 4.78 is 13.8. The molecule has 2 aromatic rings. The second kappa shape index (κ2) is 8.65. The molecule has 1 fully saturated rings. The van der Waals surface area contributed by atoms with Gasteiger partial charge in [-0.2, -0.15) is 0 Å². The first-order chi connectivity index (χ1) is 12.5. The molecule has 0 aliphatic carbocycles. The van der Waals surface area contributed by atoms with Crippen LogP contribution in [0.5, 0.6) is 0 Å². The molecule has 5 heteroatoms. The van der Waals surface area contributed by atoms with Crippen molar-refractivity contribution in [3.63, 3.8) is 0 Å². The van der Waals surface area contributed by atoms with Crippen molar-refractivity contribution in [2.24, 2.45) is 5.92 Å². The Balaban J connectivity index is 1.58. The minimum absolute atomic E-state index is 0.0344. The molecule has 0 bridgehead atoms. The maximum Gasteiger partial charge on any atom is 0.227 e. The normalized spacial score (nSPS) is 17.9. The molecule has 1 aliphatic rings. The lowest BCUT2D eigenvalue weighted by molar-refractivity contribution is -0.136. The summed E-state index contributed by atoms with van der Waals surface area (Å²) in [4.78, 5) is 16.8. The zero-order valence-electron chi connectivity index (χ0n) is 15.0. The maximum absolute atomic E-state index is 13.8. The highest BCUT2D eigenvalue weighted by Crippen LogP contribution is 2.22. The summed E-state index contributed by atoms with van der Waals surface area (Å²) in [5, 5.41) is 0.732. The van der Waals surface area contributed by atoms with Crippen LogP contribution in [-0.4, -0.2) is 35.8 Å². The number of piperidine rings is 1. The largest absolute Gasteiger partial charge is 0.341 e. The lowest BCUT2D eigenvalue weighted by atomic mass is 9.96. The lowest BCUT2D eigenvalue weighted by Gasteiger charge is -2.34. The van der Waals surface area contributed by atoms with Crippen LogP contribution in [0.3, 0.4) is 0 Å². The molecule has 1 amide bonds. The van der Waals surface area contributed by atoms with Gasteiger partial charge >= 0.3 is 0 Å². The second-order valence-corrected chi connectivity index (χ2v) is 7.42. The van der Waals surface area contributed by atoms with Gasteiger partial charge in [-0.15, -0.1) is 0 Å². The summed E-state index contributed by atoms with van der Waals surface area (Å²) in [5.74, 6) is -0.206. The number of likely N-dealkylation sites (tertiary alicyclic amines) is 1. The molecule has 0 spiro atoms. The van der Waals surface area contributed by atoms with Crippen molar-refractivity contribution in [3.8, 4) is 0 Å². The van der Waals surface area contributed by atoms with E-state index in [-0.39, 0.29) is 17.6 Å². The van der Waals surface area contributed by atoms with Gasteiger partial charge in [-0.25, -0.2) is 4.39 Å². The average Bonchev–Trinajstić information content (AvgIpc) is 2.65. The van der Waals surface area contributed by atoms with Gasteiger partial charge in [0.25, 0.3) is 0 Å². The molecule has 1 atom stereocenters. The number of carbonyl (C=O) groups excluding carboxylic acids is 1. The van der Waals surface area contributed by atoms with Crippen LogP contribution in [0.15, 0.2) is 48.5 Å². The van der Waals surface area contributed by atoms with Crippen molar-refractivity contribution in [2.45, 2.75) is 25.9 Å². The molecule has 138 valence electrons. The third-order valence-electron chi connectivity index (χ3n) is 4.92. The van der Waals surface area contributed by atoms with E-state index >= 15 is 0 Å². The Morgan fingerprint density at radius 2 is 1.96 bits per heavy atom. The topological polar surface area (TPSA) is 23.6 Å². The minimum Gasteiger partial charge on any atom is -0.341 e. The van der Waals surface area contributed by atoms with E-state index in [0.717, 1.165) is 37.5 Å². The third kappa shape index (κ3) is 4.83. The van der Waals surface area contributed by atoms with E-state index in [4.69, 9.17) is 11.6 Å². The first-order valence-electron chi connectivity index (χ1n) is 8.98. The molecule has 1 saturated heterocycles. The number of benzene rings is 2. The van der Waals surface area contributed by atoms with Gasteiger partial charge in [0.1, 0.15) is 5.82 Å². The highest BCUT2D eigenvalue weighted by atomic mass is 35.5. The minimum atomic E-state index is -0.264. The van der Waals surface area contributed by atoms with Crippen LogP contribution in [0, 0.1) is 11.7 Å². The number of amides is 1. The quantitative estimate of drug-likeness (QED) is 0.776.